The van der Waals surface area contributed by atoms with Gasteiger partial charge in [-0.15, -0.1) is 5.06 Å². The molecule has 0 saturated heterocycles. The van der Waals surface area contributed by atoms with E-state index in [0.29, 0.717) is 5.82 Å². The second kappa shape index (κ2) is 3.73. The Labute approximate surface area is 116 Å². The van der Waals surface area contributed by atoms with Crippen molar-refractivity contribution in [3.05, 3.63) is 30.1 Å². The molecule has 106 valence electrons. The summed E-state index contributed by atoms with van der Waals surface area (Å²) in [7, 11) is 0. The lowest BCUT2D eigenvalue weighted by atomic mass is 9.84. The highest BCUT2D eigenvalue weighted by Gasteiger charge is 2.63. The van der Waals surface area contributed by atoms with Gasteiger partial charge in [0.05, 0.1) is 11.0 Å². The van der Waals surface area contributed by atoms with Crippen LogP contribution in [0.3, 0.4) is 0 Å². The number of nitrogens with zero attached hydrogens (tertiary/aromatic N) is 3. The third-order valence-corrected chi connectivity index (χ3v) is 4.56. The van der Waals surface area contributed by atoms with Gasteiger partial charge in [-0.05, 0) is 39.8 Å². The lowest BCUT2D eigenvalue weighted by molar-refractivity contribution is -0.820. The summed E-state index contributed by atoms with van der Waals surface area (Å²) in [5.74, 6) is 0.700. The van der Waals surface area contributed by atoms with Crippen LogP contribution in [0.2, 0.25) is 0 Å². The zero-order valence-electron chi connectivity index (χ0n) is 12.0. The molecule has 1 aromatic carbocycles. The maximum atomic E-state index is 10.4. The molecule has 1 aromatic heterocycles. The predicted molar refractivity (Wildman–Crippen MR) is 74.0 cm³/mol. The van der Waals surface area contributed by atoms with Crippen molar-refractivity contribution in [1.82, 2.24) is 15.0 Å². The van der Waals surface area contributed by atoms with Gasteiger partial charge in [0.15, 0.2) is 11.1 Å². The number of H-pyrrole nitrogens is 1. The summed E-state index contributed by atoms with van der Waals surface area (Å²) in [5, 5.41) is 21.9. The SMILES string of the molecule is CC1(C)N(O)C(c2nc3ccccc3[nH]2)=[N+](O)C1(C)C. The van der Waals surface area contributed by atoms with Crippen molar-refractivity contribution in [1.29, 1.82) is 0 Å². The van der Waals surface area contributed by atoms with Crippen LogP contribution in [0.15, 0.2) is 24.3 Å². The molecule has 2 aromatic rings. The second-order valence-electron chi connectivity index (χ2n) is 6.17. The van der Waals surface area contributed by atoms with Crippen LogP contribution < -0.4 is 0 Å². The summed E-state index contributed by atoms with van der Waals surface area (Å²) in [6.45, 7) is 7.47. The minimum Gasteiger partial charge on any atom is -0.354 e. The number of imidazole rings is 1. The number of hydrogen-bond donors (Lipinski definition) is 3. The fourth-order valence-electron chi connectivity index (χ4n) is 2.40. The number of aromatic amines is 1. The van der Waals surface area contributed by atoms with Crippen LogP contribution in [-0.2, 0) is 0 Å². The molecular formula is C14H19N4O2+. The van der Waals surface area contributed by atoms with Gasteiger partial charge in [0.1, 0.15) is 0 Å². The minimum atomic E-state index is -0.657. The van der Waals surface area contributed by atoms with Gasteiger partial charge in [0.2, 0.25) is 5.82 Å². The predicted octanol–water partition coefficient (Wildman–Crippen LogP) is 1.97. The Bertz CT molecular complexity index is 682. The lowest BCUT2D eigenvalue weighted by Crippen LogP contribution is -2.54. The molecule has 0 spiro atoms. The molecule has 0 bridgehead atoms. The van der Waals surface area contributed by atoms with E-state index in [1.54, 1.807) is 0 Å². The van der Waals surface area contributed by atoms with Gasteiger partial charge in [-0.3, -0.25) is 0 Å². The van der Waals surface area contributed by atoms with E-state index in [1.807, 2.05) is 52.0 Å². The van der Waals surface area contributed by atoms with Crippen LogP contribution in [-0.4, -0.2) is 47.1 Å². The molecule has 6 nitrogen and oxygen atoms in total. The smallest absolute Gasteiger partial charge is 0.354 e. The molecular weight excluding hydrogens is 256 g/mol. The molecule has 2 heterocycles. The maximum absolute atomic E-state index is 10.4. The molecule has 3 N–H and O–H groups in total. The van der Waals surface area contributed by atoms with Gasteiger partial charge in [-0.2, -0.15) is 0 Å². The standard InChI is InChI=1S/C14H18N4O2/c1-13(2)14(3,4)18(20)12(17(13)19)11-15-9-7-5-6-8-10(9)16-11/h5-8,19-20H,1-4H3/p+1. The third kappa shape index (κ3) is 1.42. The van der Waals surface area contributed by atoms with Crippen LogP contribution in [0.25, 0.3) is 11.0 Å². The van der Waals surface area contributed by atoms with E-state index in [1.165, 1.54) is 0 Å². The molecule has 0 unspecified atom stereocenters. The summed E-state index contributed by atoms with van der Waals surface area (Å²) in [5.41, 5.74) is 0.338. The first-order chi connectivity index (χ1) is 9.26. The number of fused-ring (bicyclic) bond motifs is 1. The number of benzene rings is 1. The number of aromatic nitrogens is 2. The van der Waals surface area contributed by atoms with E-state index in [0.717, 1.165) is 20.8 Å². The molecule has 0 atom stereocenters. The van der Waals surface area contributed by atoms with Crippen molar-refractivity contribution in [2.75, 3.05) is 0 Å². The van der Waals surface area contributed by atoms with Crippen molar-refractivity contribution in [2.45, 2.75) is 38.8 Å². The van der Waals surface area contributed by atoms with Crippen LogP contribution in [0.5, 0.6) is 0 Å². The van der Waals surface area contributed by atoms with Gasteiger partial charge in [0.25, 0.3) is 0 Å². The number of amidine groups is 1. The van der Waals surface area contributed by atoms with Crippen molar-refractivity contribution < 1.29 is 15.2 Å². The zero-order chi connectivity index (χ0) is 14.7. The Balaban J connectivity index is 2.21. The van der Waals surface area contributed by atoms with Gasteiger partial charge < -0.3 is 10.2 Å². The fourth-order valence-corrected chi connectivity index (χ4v) is 2.40. The first-order valence-corrected chi connectivity index (χ1v) is 6.57. The van der Waals surface area contributed by atoms with Crippen LogP contribution in [0.4, 0.5) is 0 Å². The topological polar surface area (TPSA) is 75.4 Å². The van der Waals surface area contributed by atoms with E-state index in [2.05, 4.69) is 9.97 Å². The number of nitrogens with one attached hydrogen (secondary N) is 1. The van der Waals surface area contributed by atoms with E-state index in [-0.39, 0.29) is 5.84 Å². The Morgan fingerprint density at radius 3 is 2.40 bits per heavy atom. The van der Waals surface area contributed by atoms with Gasteiger partial charge in [0, 0.05) is 0 Å². The average molecular weight is 275 g/mol. The highest BCUT2D eigenvalue weighted by atomic mass is 16.5. The molecule has 0 amide bonds. The summed E-state index contributed by atoms with van der Waals surface area (Å²) >= 11 is 0. The van der Waals surface area contributed by atoms with Crippen LogP contribution in [0.1, 0.15) is 33.5 Å². The largest absolute Gasteiger partial charge is 0.385 e. The number of rotatable bonds is 1. The van der Waals surface area contributed by atoms with Crippen molar-refractivity contribution in [2.24, 2.45) is 0 Å². The molecule has 1 aliphatic rings. The van der Waals surface area contributed by atoms with E-state index < -0.39 is 11.1 Å². The lowest BCUT2D eigenvalue weighted by Gasteiger charge is -2.29. The van der Waals surface area contributed by atoms with Gasteiger partial charge >= 0.3 is 5.84 Å². The number of hydroxylamine groups is 3. The molecule has 6 heteroatoms. The summed E-state index contributed by atoms with van der Waals surface area (Å²) in [6.07, 6.45) is 0. The average Bonchev–Trinajstić information content (AvgIpc) is 2.85. The molecule has 0 fully saturated rings. The van der Waals surface area contributed by atoms with Crippen LogP contribution >= 0.6 is 0 Å². The Morgan fingerprint density at radius 2 is 1.85 bits per heavy atom. The molecule has 0 aliphatic carbocycles. The monoisotopic (exact) mass is 275 g/mol. The summed E-state index contributed by atoms with van der Waals surface area (Å²) < 4.78 is 1.07. The third-order valence-electron chi connectivity index (χ3n) is 4.56. The minimum absolute atomic E-state index is 0.260. The summed E-state index contributed by atoms with van der Waals surface area (Å²) in [4.78, 5) is 7.55. The van der Waals surface area contributed by atoms with E-state index in [9.17, 15) is 10.4 Å². The van der Waals surface area contributed by atoms with Crippen molar-refractivity contribution in [3.63, 3.8) is 0 Å². The number of hydrogen-bond acceptors (Lipinski definition) is 4. The quantitative estimate of drug-likeness (QED) is 0.549. The normalized spacial score (nSPS) is 20.9. The molecule has 1 aliphatic heterocycles. The van der Waals surface area contributed by atoms with E-state index >= 15 is 0 Å². The first kappa shape index (κ1) is 12.9. The highest BCUT2D eigenvalue weighted by Crippen LogP contribution is 2.36. The summed E-state index contributed by atoms with van der Waals surface area (Å²) in [6, 6.07) is 7.59. The highest BCUT2D eigenvalue weighted by molar-refractivity contribution is 5.95. The first-order valence-electron chi connectivity index (χ1n) is 6.57. The van der Waals surface area contributed by atoms with Crippen LogP contribution in [0, 0.1) is 0 Å². The Kier molecular flexibility index (Phi) is 2.41. The number of para-hydroxylation sites is 2. The Morgan fingerprint density at radius 1 is 1.20 bits per heavy atom. The molecule has 20 heavy (non-hydrogen) atoms. The molecule has 0 saturated carbocycles. The molecule has 0 radical (unpaired) electrons. The zero-order valence-corrected chi connectivity index (χ0v) is 12.0. The second-order valence-corrected chi connectivity index (χ2v) is 6.17. The van der Waals surface area contributed by atoms with Crippen molar-refractivity contribution in [3.8, 4) is 0 Å². The van der Waals surface area contributed by atoms with Gasteiger partial charge in [-0.1, -0.05) is 16.9 Å². The molecule has 3 rings (SSSR count). The maximum Gasteiger partial charge on any atom is 0.385 e. The Hall–Kier alpha value is -2.08. The van der Waals surface area contributed by atoms with E-state index in [4.69, 9.17) is 0 Å². The van der Waals surface area contributed by atoms with Gasteiger partial charge in [-0.25, -0.2) is 10.2 Å². The fraction of sp³-hybridized carbons (Fsp3) is 0.429. The van der Waals surface area contributed by atoms with Crippen molar-refractivity contribution >= 4 is 16.9 Å².